The first kappa shape index (κ1) is 12.1. The number of thioether (sulfide) groups is 1. The van der Waals surface area contributed by atoms with E-state index in [1.807, 2.05) is 12.1 Å². The minimum Gasteiger partial charge on any atom is -0.334 e. The van der Waals surface area contributed by atoms with Crippen molar-refractivity contribution in [3.8, 4) is 11.5 Å². The van der Waals surface area contributed by atoms with Crippen LogP contribution in [0, 0.1) is 0 Å². The summed E-state index contributed by atoms with van der Waals surface area (Å²) < 4.78 is 5.20. The summed E-state index contributed by atoms with van der Waals surface area (Å²) in [6.45, 7) is 2.50. The monoisotopic (exact) mass is 250 g/mol. The maximum atomic E-state index is 5.54. The van der Waals surface area contributed by atoms with E-state index in [1.54, 1.807) is 18.0 Å². The maximum absolute atomic E-state index is 5.54. The van der Waals surface area contributed by atoms with Crippen molar-refractivity contribution in [2.75, 3.05) is 5.75 Å². The van der Waals surface area contributed by atoms with Crippen LogP contribution in [-0.2, 0) is 12.3 Å². The Morgan fingerprint density at radius 3 is 3.12 bits per heavy atom. The van der Waals surface area contributed by atoms with Crippen LogP contribution >= 0.6 is 11.8 Å². The SMILES string of the molecule is CCSCc1noc(-c2ccnc(CN)c2)n1. The van der Waals surface area contributed by atoms with Crippen molar-refractivity contribution >= 4 is 11.8 Å². The first-order valence-corrected chi connectivity index (χ1v) is 6.54. The molecular formula is C11H14N4OS. The first-order valence-electron chi connectivity index (χ1n) is 5.39. The highest BCUT2D eigenvalue weighted by molar-refractivity contribution is 7.98. The summed E-state index contributed by atoms with van der Waals surface area (Å²) in [4.78, 5) is 8.45. The predicted molar refractivity (Wildman–Crippen MR) is 67.3 cm³/mol. The molecule has 0 spiro atoms. The van der Waals surface area contributed by atoms with Crippen molar-refractivity contribution < 1.29 is 4.52 Å². The molecule has 90 valence electrons. The molecule has 0 aromatic carbocycles. The summed E-state index contributed by atoms with van der Waals surface area (Å²) in [5.41, 5.74) is 7.21. The van der Waals surface area contributed by atoms with Gasteiger partial charge in [-0.1, -0.05) is 12.1 Å². The van der Waals surface area contributed by atoms with E-state index in [0.29, 0.717) is 12.4 Å². The van der Waals surface area contributed by atoms with Gasteiger partial charge in [-0.3, -0.25) is 4.98 Å². The molecule has 0 aliphatic heterocycles. The van der Waals surface area contributed by atoms with Crippen molar-refractivity contribution in [1.29, 1.82) is 0 Å². The molecule has 0 amide bonds. The van der Waals surface area contributed by atoms with E-state index < -0.39 is 0 Å². The second kappa shape index (κ2) is 5.79. The summed E-state index contributed by atoms with van der Waals surface area (Å²) >= 11 is 1.76. The minimum absolute atomic E-state index is 0.403. The highest BCUT2D eigenvalue weighted by Gasteiger charge is 2.09. The fourth-order valence-corrected chi connectivity index (χ4v) is 1.85. The van der Waals surface area contributed by atoms with Gasteiger partial charge in [-0.2, -0.15) is 16.7 Å². The summed E-state index contributed by atoms with van der Waals surface area (Å²) in [7, 11) is 0. The number of pyridine rings is 1. The standard InChI is InChI=1S/C11H14N4OS/c1-2-17-7-10-14-11(16-15-10)8-3-4-13-9(5-8)6-12/h3-5H,2,6-7,12H2,1H3. The van der Waals surface area contributed by atoms with E-state index >= 15 is 0 Å². The van der Waals surface area contributed by atoms with Gasteiger partial charge < -0.3 is 10.3 Å². The van der Waals surface area contributed by atoms with Gasteiger partial charge in [0.2, 0.25) is 0 Å². The molecule has 2 rings (SSSR count). The molecule has 2 N–H and O–H groups in total. The van der Waals surface area contributed by atoms with E-state index in [0.717, 1.165) is 28.6 Å². The van der Waals surface area contributed by atoms with Crippen molar-refractivity contribution in [2.24, 2.45) is 5.73 Å². The van der Waals surface area contributed by atoms with Crippen molar-refractivity contribution in [3.63, 3.8) is 0 Å². The summed E-state index contributed by atoms with van der Waals surface area (Å²) in [5, 5.41) is 3.93. The highest BCUT2D eigenvalue weighted by Crippen LogP contribution is 2.18. The molecule has 0 unspecified atom stereocenters. The number of aromatic nitrogens is 3. The molecule has 5 nitrogen and oxygen atoms in total. The van der Waals surface area contributed by atoms with E-state index in [9.17, 15) is 0 Å². The van der Waals surface area contributed by atoms with Crippen LogP contribution in [0.5, 0.6) is 0 Å². The topological polar surface area (TPSA) is 77.8 Å². The molecule has 0 aliphatic carbocycles. The van der Waals surface area contributed by atoms with E-state index in [1.165, 1.54) is 0 Å². The predicted octanol–water partition coefficient (Wildman–Crippen LogP) is 1.84. The zero-order valence-corrected chi connectivity index (χ0v) is 10.4. The van der Waals surface area contributed by atoms with Crippen molar-refractivity contribution in [2.45, 2.75) is 19.2 Å². The lowest BCUT2D eigenvalue weighted by molar-refractivity contribution is 0.425. The molecule has 0 fully saturated rings. The van der Waals surface area contributed by atoms with Crippen LogP contribution in [0.3, 0.4) is 0 Å². The van der Waals surface area contributed by atoms with E-state index in [-0.39, 0.29) is 0 Å². The van der Waals surface area contributed by atoms with Gasteiger partial charge in [-0.25, -0.2) is 0 Å². The molecule has 0 radical (unpaired) electrons. The van der Waals surface area contributed by atoms with Crippen LogP contribution in [0.1, 0.15) is 18.4 Å². The second-order valence-corrected chi connectivity index (χ2v) is 4.67. The van der Waals surface area contributed by atoms with Crippen LogP contribution in [-0.4, -0.2) is 20.9 Å². The zero-order valence-electron chi connectivity index (χ0n) is 9.59. The lowest BCUT2D eigenvalue weighted by atomic mass is 10.2. The second-order valence-electron chi connectivity index (χ2n) is 3.39. The molecule has 0 bridgehead atoms. The number of rotatable bonds is 5. The number of nitrogens with zero attached hydrogens (tertiary/aromatic N) is 3. The molecule has 0 saturated carbocycles. The zero-order chi connectivity index (χ0) is 12.1. The van der Waals surface area contributed by atoms with Gasteiger partial charge in [0.05, 0.1) is 11.4 Å². The lowest BCUT2D eigenvalue weighted by Gasteiger charge is -1.97. The van der Waals surface area contributed by atoms with E-state index in [2.05, 4.69) is 22.0 Å². The van der Waals surface area contributed by atoms with Gasteiger partial charge in [-0.15, -0.1) is 0 Å². The summed E-state index contributed by atoms with van der Waals surface area (Å²) in [6, 6.07) is 3.70. The molecule has 2 aromatic heterocycles. The van der Waals surface area contributed by atoms with Gasteiger partial charge in [0.1, 0.15) is 0 Å². The third-order valence-corrected chi connectivity index (χ3v) is 3.05. The Morgan fingerprint density at radius 1 is 1.47 bits per heavy atom. The van der Waals surface area contributed by atoms with Gasteiger partial charge in [-0.05, 0) is 17.9 Å². The Hall–Kier alpha value is -1.40. The van der Waals surface area contributed by atoms with Crippen LogP contribution in [0.25, 0.3) is 11.5 Å². The van der Waals surface area contributed by atoms with Gasteiger partial charge in [0, 0.05) is 18.3 Å². The van der Waals surface area contributed by atoms with Crippen LogP contribution in [0.4, 0.5) is 0 Å². The third-order valence-electron chi connectivity index (χ3n) is 2.18. The van der Waals surface area contributed by atoms with Gasteiger partial charge in [0.25, 0.3) is 5.89 Å². The molecule has 2 heterocycles. The molecule has 6 heteroatoms. The smallest absolute Gasteiger partial charge is 0.258 e. The Morgan fingerprint density at radius 2 is 2.35 bits per heavy atom. The Bertz CT molecular complexity index is 486. The average Bonchev–Trinajstić information content (AvgIpc) is 2.85. The summed E-state index contributed by atoms with van der Waals surface area (Å²) in [5.74, 6) is 3.05. The molecule has 17 heavy (non-hydrogen) atoms. The Labute approximate surface area is 104 Å². The maximum Gasteiger partial charge on any atom is 0.258 e. The Kier molecular flexibility index (Phi) is 4.11. The highest BCUT2D eigenvalue weighted by atomic mass is 32.2. The third kappa shape index (κ3) is 3.04. The van der Waals surface area contributed by atoms with E-state index in [4.69, 9.17) is 10.3 Å². The van der Waals surface area contributed by atoms with Crippen LogP contribution < -0.4 is 5.73 Å². The number of hydrogen-bond donors (Lipinski definition) is 1. The quantitative estimate of drug-likeness (QED) is 0.872. The van der Waals surface area contributed by atoms with Gasteiger partial charge >= 0.3 is 0 Å². The van der Waals surface area contributed by atoms with Gasteiger partial charge in [0.15, 0.2) is 5.82 Å². The molecule has 0 atom stereocenters. The summed E-state index contributed by atoms with van der Waals surface area (Å²) in [6.07, 6.45) is 1.70. The fourth-order valence-electron chi connectivity index (χ4n) is 1.35. The molecule has 0 saturated heterocycles. The van der Waals surface area contributed by atoms with Crippen LogP contribution in [0.2, 0.25) is 0 Å². The van der Waals surface area contributed by atoms with Crippen molar-refractivity contribution in [3.05, 3.63) is 29.8 Å². The first-order chi connectivity index (χ1) is 8.33. The Balaban J connectivity index is 2.18. The molecular weight excluding hydrogens is 236 g/mol. The lowest BCUT2D eigenvalue weighted by Crippen LogP contribution is -1.99. The van der Waals surface area contributed by atoms with Crippen LogP contribution in [0.15, 0.2) is 22.9 Å². The minimum atomic E-state index is 0.403. The largest absolute Gasteiger partial charge is 0.334 e. The number of hydrogen-bond acceptors (Lipinski definition) is 6. The van der Waals surface area contributed by atoms with Crippen molar-refractivity contribution in [1.82, 2.24) is 15.1 Å². The molecule has 2 aromatic rings. The number of nitrogens with two attached hydrogens (primary N) is 1. The average molecular weight is 250 g/mol. The normalized spacial score (nSPS) is 10.7. The fraction of sp³-hybridized carbons (Fsp3) is 0.364. The molecule has 0 aliphatic rings.